The average Bonchev–Trinajstić information content (AvgIpc) is 2.62. The lowest BCUT2D eigenvalue weighted by molar-refractivity contribution is 0.0934. The van der Waals surface area contributed by atoms with E-state index in [1.807, 2.05) is 19.9 Å². The summed E-state index contributed by atoms with van der Waals surface area (Å²) >= 11 is 0. The molecule has 26 heavy (non-hydrogen) atoms. The van der Waals surface area contributed by atoms with E-state index >= 15 is 0 Å². The van der Waals surface area contributed by atoms with Crippen LogP contribution >= 0.6 is 0 Å². The summed E-state index contributed by atoms with van der Waals surface area (Å²) in [6, 6.07) is 5.11. The SMILES string of the molecule is CCn1c(=N)c(C(=O)NCCOC)cc2c(=O)n3cccc(C)c3nc21. The number of carbonyl (C=O) groups excluding carboxylic acids is 1. The molecule has 0 atom stereocenters. The number of rotatable bonds is 5. The Bertz CT molecular complexity index is 1110. The second-order valence-corrected chi connectivity index (χ2v) is 5.94. The molecule has 3 rings (SSSR count). The lowest BCUT2D eigenvalue weighted by atomic mass is 10.2. The van der Waals surface area contributed by atoms with E-state index in [9.17, 15) is 9.59 Å². The number of hydrogen-bond donors (Lipinski definition) is 2. The second-order valence-electron chi connectivity index (χ2n) is 5.94. The number of aromatic nitrogens is 3. The Balaban J connectivity index is 2.31. The van der Waals surface area contributed by atoms with E-state index in [4.69, 9.17) is 10.1 Å². The highest BCUT2D eigenvalue weighted by atomic mass is 16.5. The van der Waals surface area contributed by atoms with Gasteiger partial charge in [0.1, 0.15) is 16.8 Å². The van der Waals surface area contributed by atoms with Crippen LogP contribution < -0.4 is 16.4 Å². The first-order chi connectivity index (χ1) is 12.5. The van der Waals surface area contributed by atoms with Gasteiger partial charge in [-0.15, -0.1) is 0 Å². The van der Waals surface area contributed by atoms with E-state index < -0.39 is 5.91 Å². The Hall–Kier alpha value is -3.00. The molecule has 0 fully saturated rings. The third-order valence-electron chi connectivity index (χ3n) is 4.29. The molecule has 0 radical (unpaired) electrons. The van der Waals surface area contributed by atoms with Crippen molar-refractivity contribution in [3.63, 3.8) is 0 Å². The van der Waals surface area contributed by atoms with E-state index in [0.29, 0.717) is 36.4 Å². The van der Waals surface area contributed by atoms with Gasteiger partial charge < -0.3 is 14.6 Å². The number of nitrogens with one attached hydrogen (secondary N) is 2. The summed E-state index contributed by atoms with van der Waals surface area (Å²) in [5.41, 5.74) is 1.72. The number of methoxy groups -OCH3 is 1. The largest absolute Gasteiger partial charge is 0.383 e. The minimum Gasteiger partial charge on any atom is -0.383 e. The summed E-state index contributed by atoms with van der Waals surface area (Å²) in [6.45, 7) is 4.85. The molecule has 8 heteroatoms. The van der Waals surface area contributed by atoms with Crippen LogP contribution in [0.15, 0.2) is 29.2 Å². The molecule has 0 unspecified atom stereocenters. The summed E-state index contributed by atoms with van der Waals surface area (Å²) < 4.78 is 7.97. The fourth-order valence-electron chi connectivity index (χ4n) is 2.94. The zero-order valence-corrected chi connectivity index (χ0v) is 15.0. The molecule has 2 N–H and O–H groups in total. The molecular formula is C18H21N5O3. The topological polar surface area (TPSA) is 101 Å². The molecule has 0 aliphatic heterocycles. The maximum atomic E-state index is 13.0. The Morgan fingerprint density at radius 2 is 2.15 bits per heavy atom. The van der Waals surface area contributed by atoms with Gasteiger partial charge in [0.15, 0.2) is 0 Å². The minimum atomic E-state index is -0.412. The van der Waals surface area contributed by atoms with Gasteiger partial charge in [-0.1, -0.05) is 6.07 Å². The van der Waals surface area contributed by atoms with Gasteiger partial charge in [0, 0.05) is 26.4 Å². The van der Waals surface area contributed by atoms with Gasteiger partial charge in [0.25, 0.3) is 11.5 Å². The van der Waals surface area contributed by atoms with Gasteiger partial charge in [-0.05, 0) is 31.5 Å². The highest BCUT2D eigenvalue weighted by molar-refractivity contribution is 5.96. The first kappa shape index (κ1) is 17.8. The Labute approximate surface area is 149 Å². The lowest BCUT2D eigenvalue weighted by Gasteiger charge is -2.13. The Kier molecular flexibility index (Phi) is 4.85. The van der Waals surface area contributed by atoms with E-state index in [2.05, 4.69) is 10.3 Å². The quantitative estimate of drug-likeness (QED) is 0.523. The van der Waals surface area contributed by atoms with E-state index in [1.165, 1.54) is 10.5 Å². The summed E-state index contributed by atoms with van der Waals surface area (Å²) in [5, 5.41) is 11.4. The van der Waals surface area contributed by atoms with Crippen molar-refractivity contribution in [1.82, 2.24) is 19.3 Å². The zero-order valence-electron chi connectivity index (χ0n) is 15.0. The highest BCUT2D eigenvalue weighted by Crippen LogP contribution is 2.12. The third-order valence-corrected chi connectivity index (χ3v) is 4.29. The van der Waals surface area contributed by atoms with Crippen molar-refractivity contribution in [3.05, 3.63) is 51.4 Å². The highest BCUT2D eigenvalue weighted by Gasteiger charge is 2.17. The normalized spacial score (nSPS) is 11.2. The molecule has 0 bridgehead atoms. The van der Waals surface area contributed by atoms with Crippen molar-refractivity contribution in [3.8, 4) is 0 Å². The first-order valence-corrected chi connectivity index (χ1v) is 8.36. The van der Waals surface area contributed by atoms with Crippen LogP contribution in [0.4, 0.5) is 0 Å². The van der Waals surface area contributed by atoms with Gasteiger partial charge in [-0.3, -0.25) is 19.4 Å². The molecule has 136 valence electrons. The number of nitrogens with zero attached hydrogens (tertiary/aromatic N) is 3. The maximum absolute atomic E-state index is 13.0. The molecule has 0 aliphatic rings. The van der Waals surface area contributed by atoms with Gasteiger partial charge >= 0.3 is 0 Å². The van der Waals surface area contributed by atoms with Crippen molar-refractivity contribution in [1.29, 1.82) is 5.41 Å². The van der Waals surface area contributed by atoms with Crippen molar-refractivity contribution in [2.24, 2.45) is 0 Å². The Morgan fingerprint density at radius 3 is 2.85 bits per heavy atom. The van der Waals surface area contributed by atoms with Crippen molar-refractivity contribution < 1.29 is 9.53 Å². The molecule has 0 aliphatic carbocycles. The van der Waals surface area contributed by atoms with Crippen LogP contribution in [-0.4, -0.2) is 40.1 Å². The van der Waals surface area contributed by atoms with E-state index in [-0.39, 0.29) is 16.6 Å². The van der Waals surface area contributed by atoms with Crippen LogP contribution in [0.3, 0.4) is 0 Å². The van der Waals surface area contributed by atoms with Crippen LogP contribution in [0, 0.1) is 12.3 Å². The minimum absolute atomic E-state index is 0.0275. The van der Waals surface area contributed by atoms with Crippen molar-refractivity contribution in [2.45, 2.75) is 20.4 Å². The van der Waals surface area contributed by atoms with Crippen LogP contribution in [0.25, 0.3) is 16.7 Å². The fraction of sp³-hybridized carbons (Fsp3) is 0.333. The molecule has 3 heterocycles. The lowest BCUT2D eigenvalue weighted by Crippen LogP contribution is -2.35. The average molecular weight is 355 g/mol. The summed E-state index contributed by atoms with van der Waals surface area (Å²) in [7, 11) is 1.54. The number of pyridine rings is 2. The van der Waals surface area contributed by atoms with Gasteiger partial charge in [-0.25, -0.2) is 4.98 Å². The number of amides is 1. The van der Waals surface area contributed by atoms with Gasteiger partial charge in [0.2, 0.25) is 0 Å². The predicted octanol–water partition coefficient (Wildman–Crippen LogP) is 0.833. The molecule has 3 aromatic heterocycles. The third kappa shape index (κ3) is 2.88. The number of aryl methyl sites for hydroxylation is 2. The second kappa shape index (κ2) is 7.09. The van der Waals surface area contributed by atoms with Gasteiger partial charge in [-0.2, -0.15) is 0 Å². The van der Waals surface area contributed by atoms with Crippen LogP contribution in [0.1, 0.15) is 22.8 Å². The zero-order chi connectivity index (χ0) is 18.8. The molecular weight excluding hydrogens is 334 g/mol. The van der Waals surface area contributed by atoms with Crippen molar-refractivity contribution in [2.75, 3.05) is 20.3 Å². The standard InChI is InChI=1S/C18H21N5O3/c1-4-22-14(19)12(17(24)20-7-9-26-3)10-13-16(22)21-15-11(2)6-5-8-23(15)18(13)25/h5-6,8,10,19H,4,7,9H2,1-3H3,(H,20,24). The predicted molar refractivity (Wildman–Crippen MR) is 97.4 cm³/mol. The number of hydrogen-bond acceptors (Lipinski definition) is 5. The van der Waals surface area contributed by atoms with Gasteiger partial charge in [0.05, 0.1) is 17.6 Å². The molecule has 8 nitrogen and oxygen atoms in total. The number of carbonyl (C=O) groups is 1. The van der Waals surface area contributed by atoms with Crippen LogP contribution in [0.5, 0.6) is 0 Å². The maximum Gasteiger partial charge on any atom is 0.267 e. The smallest absolute Gasteiger partial charge is 0.267 e. The Morgan fingerprint density at radius 1 is 1.38 bits per heavy atom. The summed E-state index contributed by atoms with van der Waals surface area (Å²) in [6.07, 6.45) is 1.65. The molecule has 0 saturated carbocycles. The summed E-state index contributed by atoms with van der Waals surface area (Å²) in [4.78, 5) is 30.0. The van der Waals surface area contributed by atoms with E-state index in [1.54, 1.807) is 23.9 Å². The molecule has 0 saturated heterocycles. The first-order valence-electron chi connectivity index (χ1n) is 8.36. The van der Waals surface area contributed by atoms with Crippen LogP contribution in [-0.2, 0) is 11.3 Å². The van der Waals surface area contributed by atoms with E-state index in [0.717, 1.165) is 5.56 Å². The number of fused-ring (bicyclic) bond motifs is 2. The fourth-order valence-corrected chi connectivity index (χ4v) is 2.94. The molecule has 0 aromatic carbocycles. The van der Waals surface area contributed by atoms with Crippen LogP contribution in [0.2, 0.25) is 0 Å². The molecule has 1 amide bonds. The monoisotopic (exact) mass is 355 g/mol. The molecule has 0 spiro atoms. The summed E-state index contributed by atoms with van der Waals surface area (Å²) in [5.74, 6) is -0.412. The van der Waals surface area contributed by atoms with Crippen molar-refractivity contribution >= 4 is 22.6 Å². The molecule has 3 aromatic rings. The number of ether oxygens (including phenoxy) is 1.